The first kappa shape index (κ1) is 16.5. The molecule has 0 spiro atoms. The number of aryl methyl sites for hydroxylation is 2. The van der Waals surface area contributed by atoms with Crippen molar-refractivity contribution in [3.63, 3.8) is 0 Å². The smallest absolute Gasteiger partial charge is 0.191 e. The summed E-state index contributed by atoms with van der Waals surface area (Å²) < 4.78 is 1.09. The molecule has 2 heterocycles. The molecule has 2 aromatic heterocycles. The lowest BCUT2D eigenvalue weighted by Gasteiger charge is -2.30. The first-order chi connectivity index (χ1) is 11.8. The van der Waals surface area contributed by atoms with Gasteiger partial charge in [0.15, 0.2) is 5.43 Å². The van der Waals surface area contributed by atoms with Crippen LogP contribution in [0.25, 0.3) is 21.2 Å². The van der Waals surface area contributed by atoms with E-state index in [1.54, 1.807) is 11.3 Å². The lowest BCUT2D eigenvalue weighted by atomic mass is 9.77. The van der Waals surface area contributed by atoms with E-state index in [-0.39, 0.29) is 5.43 Å². The molecule has 0 bridgehead atoms. The normalized spacial score (nSPS) is 16.0. The summed E-state index contributed by atoms with van der Waals surface area (Å²) in [7, 11) is 0. The Kier molecular flexibility index (Phi) is 3.80. The largest absolute Gasteiger partial charge is 0.289 e. The zero-order valence-electron chi connectivity index (χ0n) is 15.3. The molecular formula is C22H23NOS. The number of benzene rings is 1. The van der Waals surface area contributed by atoms with Crippen LogP contribution in [-0.4, -0.2) is 4.98 Å². The number of hydrogen-bond donors (Lipinski definition) is 0. The molecule has 0 radical (unpaired) electrons. The summed E-state index contributed by atoms with van der Waals surface area (Å²) in [5.74, 6) is 0. The topological polar surface area (TPSA) is 30.0 Å². The number of aromatic nitrogens is 1. The molecule has 0 aliphatic heterocycles. The maximum Gasteiger partial charge on any atom is 0.191 e. The van der Waals surface area contributed by atoms with Crippen molar-refractivity contribution in [1.82, 2.24) is 4.98 Å². The van der Waals surface area contributed by atoms with Crippen molar-refractivity contribution in [1.29, 1.82) is 0 Å². The number of pyridine rings is 1. The van der Waals surface area contributed by atoms with Gasteiger partial charge in [-0.3, -0.25) is 9.78 Å². The predicted molar refractivity (Wildman–Crippen MR) is 107 cm³/mol. The van der Waals surface area contributed by atoms with Crippen LogP contribution in [0.3, 0.4) is 0 Å². The summed E-state index contributed by atoms with van der Waals surface area (Å²) in [6.45, 7) is 8.71. The molecule has 2 nitrogen and oxygen atoms in total. The van der Waals surface area contributed by atoms with E-state index in [1.165, 1.54) is 10.4 Å². The maximum atomic E-state index is 12.9. The fraction of sp³-hybridized carbons (Fsp3) is 0.364. The quantitative estimate of drug-likeness (QED) is 0.584. The highest BCUT2D eigenvalue weighted by Crippen LogP contribution is 2.38. The van der Waals surface area contributed by atoms with Crippen molar-refractivity contribution < 1.29 is 0 Å². The standard InChI is InChI=1S/C22H23NOS/c1-13-9-16(12-23-14(13)2)15-5-6-17-19(10-15)25-20-11-22(3,4)8-7-18(20)21(17)24/h5-6,9-10,12H,7-8,11H2,1-4H3. The molecule has 0 saturated carbocycles. The molecule has 0 saturated heterocycles. The zero-order valence-corrected chi connectivity index (χ0v) is 16.1. The van der Waals surface area contributed by atoms with Gasteiger partial charge in [-0.05, 0) is 67.9 Å². The molecule has 0 atom stereocenters. The Hall–Kier alpha value is -2.00. The minimum Gasteiger partial charge on any atom is -0.289 e. The van der Waals surface area contributed by atoms with E-state index in [2.05, 4.69) is 44.0 Å². The third-order valence-electron chi connectivity index (χ3n) is 5.43. The van der Waals surface area contributed by atoms with Crippen LogP contribution in [0.4, 0.5) is 0 Å². The van der Waals surface area contributed by atoms with Crippen LogP contribution in [0, 0.1) is 19.3 Å². The molecule has 1 aliphatic carbocycles. The van der Waals surface area contributed by atoms with Gasteiger partial charge in [0.05, 0.1) is 0 Å². The van der Waals surface area contributed by atoms with Crippen molar-refractivity contribution in [2.75, 3.05) is 0 Å². The molecule has 0 unspecified atom stereocenters. The second kappa shape index (κ2) is 5.77. The van der Waals surface area contributed by atoms with Gasteiger partial charge >= 0.3 is 0 Å². The highest BCUT2D eigenvalue weighted by atomic mass is 32.1. The Morgan fingerprint density at radius 1 is 1.12 bits per heavy atom. The Morgan fingerprint density at radius 3 is 2.68 bits per heavy atom. The molecule has 1 aliphatic rings. The molecule has 4 rings (SSSR count). The number of hydrogen-bond acceptors (Lipinski definition) is 3. The fourth-order valence-corrected chi connectivity index (χ4v) is 5.14. The van der Waals surface area contributed by atoms with Crippen LogP contribution in [0.5, 0.6) is 0 Å². The number of nitrogens with zero attached hydrogens (tertiary/aromatic N) is 1. The lowest BCUT2D eigenvalue weighted by Crippen LogP contribution is -2.26. The van der Waals surface area contributed by atoms with Gasteiger partial charge in [-0.1, -0.05) is 19.9 Å². The first-order valence-corrected chi connectivity index (χ1v) is 9.68. The average Bonchev–Trinajstić information content (AvgIpc) is 2.56. The number of rotatable bonds is 1. The Balaban J connectivity index is 1.88. The third kappa shape index (κ3) is 2.91. The predicted octanol–water partition coefficient (Wildman–Crippen LogP) is 5.46. The van der Waals surface area contributed by atoms with E-state index < -0.39 is 0 Å². The summed E-state index contributed by atoms with van der Waals surface area (Å²) in [6, 6.07) is 8.39. The van der Waals surface area contributed by atoms with Gasteiger partial charge in [-0.25, -0.2) is 0 Å². The van der Waals surface area contributed by atoms with Crippen LogP contribution in [-0.2, 0) is 12.8 Å². The van der Waals surface area contributed by atoms with Gasteiger partial charge in [0.1, 0.15) is 0 Å². The van der Waals surface area contributed by atoms with Gasteiger partial charge in [-0.2, -0.15) is 0 Å². The Morgan fingerprint density at radius 2 is 1.92 bits per heavy atom. The average molecular weight is 349 g/mol. The maximum absolute atomic E-state index is 12.9. The van der Waals surface area contributed by atoms with E-state index in [9.17, 15) is 4.79 Å². The summed E-state index contributed by atoms with van der Waals surface area (Å²) in [5.41, 5.74) is 6.08. The minimum atomic E-state index is 0.240. The van der Waals surface area contributed by atoms with Crippen LogP contribution in [0.2, 0.25) is 0 Å². The second-order valence-corrected chi connectivity index (χ2v) is 9.15. The summed E-state index contributed by atoms with van der Waals surface area (Å²) in [4.78, 5) is 18.7. The SMILES string of the molecule is Cc1cc(-c2ccc3c(=O)c4c(sc3c2)CC(C)(C)CC4)cnc1C. The van der Waals surface area contributed by atoms with E-state index in [0.29, 0.717) is 5.41 Å². The van der Waals surface area contributed by atoms with Crippen molar-refractivity contribution in [3.05, 3.63) is 62.4 Å². The van der Waals surface area contributed by atoms with Gasteiger partial charge in [0.25, 0.3) is 0 Å². The highest BCUT2D eigenvalue weighted by Gasteiger charge is 2.28. The summed E-state index contributed by atoms with van der Waals surface area (Å²) in [5, 5.41) is 0.865. The molecule has 3 heteroatoms. The molecule has 128 valence electrons. The number of fused-ring (bicyclic) bond motifs is 2. The van der Waals surface area contributed by atoms with Crippen molar-refractivity contribution in [3.8, 4) is 11.1 Å². The third-order valence-corrected chi connectivity index (χ3v) is 6.63. The van der Waals surface area contributed by atoms with Gasteiger partial charge in [0, 0.05) is 38.0 Å². The zero-order chi connectivity index (χ0) is 17.8. The van der Waals surface area contributed by atoms with E-state index in [0.717, 1.165) is 51.7 Å². The molecule has 3 aromatic rings. The molecule has 0 amide bonds. The molecule has 0 fully saturated rings. The lowest BCUT2D eigenvalue weighted by molar-refractivity contribution is 0.318. The minimum absolute atomic E-state index is 0.240. The van der Waals surface area contributed by atoms with Crippen molar-refractivity contribution in [2.24, 2.45) is 5.41 Å². The van der Waals surface area contributed by atoms with Crippen LogP contribution in [0.15, 0.2) is 35.3 Å². The highest BCUT2D eigenvalue weighted by molar-refractivity contribution is 7.18. The molecule has 0 N–H and O–H groups in total. The monoisotopic (exact) mass is 349 g/mol. The van der Waals surface area contributed by atoms with Crippen LogP contribution in [0.1, 0.15) is 42.0 Å². The van der Waals surface area contributed by atoms with Gasteiger partial charge in [0.2, 0.25) is 0 Å². The van der Waals surface area contributed by atoms with Gasteiger partial charge in [-0.15, -0.1) is 11.3 Å². The summed E-state index contributed by atoms with van der Waals surface area (Å²) in [6.07, 6.45) is 4.94. The van der Waals surface area contributed by atoms with Crippen LogP contribution >= 0.6 is 11.3 Å². The molecule has 25 heavy (non-hydrogen) atoms. The second-order valence-electron chi connectivity index (χ2n) is 8.01. The van der Waals surface area contributed by atoms with Crippen LogP contribution < -0.4 is 5.43 Å². The first-order valence-electron chi connectivity index (χ1n) is 8.86. The van der Waals surface area contributed by atoms with Crippen molar-refractivity contribution >= 4 is 21.4 Å². The Labute approximate surface area is 152 Å². The van der Waals surface area contributed by atoms with Crippen molar-refractivity contribution in [2.45, 2.75) is 47.0 Å². The molecular weight excluding hydrogens is 326 g/mol. The Bertz CT molecular complexity index is 1050. The van der Waals surface area contributed by atoms with E-state index in [1.807, 2.05) is 19.2 Å². The summed E-state index contributed by atoms with van der Waals surface area (Å²) >= 11 is 1.80. The molecule has 1 aromatic carbocycles. The fourth-order valence-electron chi connectivity index (χ4n) is 3.64. The van der Waals surface area contributed by atoms with E-state index in [4.69, 9.17) is 0 Å². The van der Waals surface area contributed by atoms with Gasteiger partial charge < -0.3 is 0 Å². The van der Waals surface area contributed by atoms with E-state index >= 15 is 0 Å².